The molecule has 0 amide bonds. The summed E-state index contributed by atoms with van der Waals surface area (Å²) in [5.41, 5.74) is 2.63. The normalized spacial score (nSPS) is 16.1. The molecule has 1 aromatic carbocycles. The van der Waals surface area contributed by atoms with Crippen molar-refractivity contribution in [1.82, 2.24) is 0 Å². The van der Waals surface area contributed by atoms with E-state index >= 15 is 0 Å². The van der Waals surface area contributed by atoms with Gasteiger partial charge in [0, 0.05) is 6.42 Å². The summed E-state index contributed by atoms with van der Waals surface area (Å²) in [6.07, 6.45) is 6.55. The van der Waals surface area contributed by atoms with Gasteiger partial charge in [-0.05, 0) is 16.7 Å². The van der Waals surface area contributed by atoms with Crippen LogP contribution >= 0.6 is 0 Å². The Bertz CT molecular complexity index is 520. The van der Waals surface area contributed by atoms with Crippen LogP contribution in [-0.4, -0.2) is 0 Å². The molecule has 1 aliphatic carbocycles. The number of hydrogen-bond donors (Lipinski definition) is 0. The molecular weight excluding hydrogens is 184 g/mol. The zero-order valence-electron chi connectivity index (χ0n) is 7.86. The largest absolute Gasteiger partial charge is 0.269 e. The summed E-state index contributed by atoms with van der Waals surface area (Å²) < 4.78 is 0. The topological polar surface area (TPSA) is 28.1 Å². The number of fused-ring (bicyclic) bond motifs is 1. The third-order valence-electron chi connectivity index (χ3n) is 2.18. The lowest BCUT2D eigenvalue weighted by molar-refractivity contribution is 1.42. The molecule has 0 aromatic heterocycles. The van der Waals surface area contributed by atoms with Gasteiger partial charge < -0.3 is 0 Å². The van der Waals surface area contributed by atoms with Crippen molar-refractivity contribution in [3.8, 4) is 6.07 Å². The average molecular weight is 190 g/mol. The molecule has 0 unspecified atom stereocenters. The lowest BCUT2D eigenvalue weighted by Crippen LogP contribution is -1.95. The fourth-order valence-corrected chi connectivity index (χ4v) is 1.50. The quantitative estimate of drug-likeness (QED) is 0.456. The molecule has 0 heterocycles. The van der Waals surface area contributed by atoms with Gasteiger partial charge in [-0.2, -0.15) is 0 Å². The van der Waals surface area contributed by atoms with Crippen LogP contribution in [-0.2, 0) is 0 Å². The van der Waals surface area contributed by atoms with Crippen molar-refractivity contribution in [2.45, 2.75) is 0 Å². The number of rotatable bonds is 0. The maximum atomic E-state index is 8.83. The molecule has 2 radical (unpaired) electrons. The van der Waals surface area contributed by atoms with Crippen LogP contribution in [0.3, 0.4) is 0 Å². The van der Waals surface area contributed by atoms with Crippen molar-refractivity contribution in [2.75, 3.05) is 0 Å². The van der Waals surface area contributed by atoms with Crippen LogP contribution in [0.2, 0.25) is 0 Å². The Morgan fingerprint density at radius 3 is 2.93 bits per heavy atom. The van der Waals surface area contributed by atoms with Gasteiger partial charge in [0.1, 0.15) is 0 Å². The standard InChI is InChI=1S/C13H6N2/c1-15-13(9-14)12-8-4-6-10-5-2-3-7-11(10)12/h2-5,7-8H/b13-12+. The maximum Gasteiger partial charge on any atom is 0.269 e. The predicted molar refractivity (Wildman–Crippen MR) is 57.1 cm³/mol. The van der Waals surface area contributed by atoms with E-state index in [1.807, 2.05) is 30.3 Å². The van der Waals surface area contributed by atoms with Gasteiger partial charge in [0.2, 0.25) is 0 Å². The summed E-state index contributed by atoms with van der Waals surface area (Å²) in [6.45, 7) is 6.93. The molecule has 0 aliphatic heterocycles. The first-order valence-corrected chi connectivity index (χ1v) is 4.41. The highest BCUT2D eigenvalue weighted by Gasteiger charge is 2.13. The highest BCUT2D eigenvalue weighted by molar-refractivity contribution is 5.84. The lowest BCUT2D eigenvalue weighted by Gasteiger charge is -2.12. The molecule has 0 spiro atoms. The van der Waals surface area contributed by atoms with E-state index in [9.17, 15) is 0 Å². The summed E-state index contributed by atoms with van der Waals surface area (Å²) in [7, 11) is 0. The van der Waals surface area contributed by atoms with Crippen molar-refractivity contribution in [2.24, 2.45) is 0 Å². The minimum atomic E-state index is 0.125. The summed E-state index contributed by atoms with van der Waals surface area (Å²) >= 11 is 0. The SMILES string of the molecule is [C-]#[N+]/C(C#N)=C1\C=C[C]c2ccccc21. The third-order valence-corrected chi connectivity index (χ3v) is 2.18. The highest BCUT2D eigenvalue weighted by atomic mass is 14.7. The number of allylic oxidation sites excluding steroid dienone is 4. The first-order valence-electron chi connectivity index (χ1n) is 4.41. The van der Waals surface area contributed by atoms with Gasteiger partial charge in [0.25, 0.3) is 5.70 Å². The summed E-state index contributed by atoms with van der Waals surface area (Å²) in [5, 5.41) is 8.83. The van der Waals surface area contributed by atoms with Crippen LogP contribution in [0.5, 0.6) is 0 Å². The fourth-order valence-electron chi connectivity index (χ4n) is 1.50. The Morgan fingerprint density at radius 2 is 2.20 bits per heavy atom. The van der Waals surface area contributed by atoms with E-state index in [-0.39, 0.29) is 5.70 Å². The zero-order valence-corrected chi connectivity index (χ0v) is 7.86. The van der Waals surface area contributed by atoms with E-state index in [1.54, 1.807) is 12.2 Å². The van der Waals surface area contributed by atoms with Crippen LogP contribution in [0.25, 0.3) is 10.4 Å². The molecule has 0 fully saturated rings. The Labute approximate surface area is 88.6 Å². The third kappa shape index (κ3) is 1.54. The first kappa shape index (κ1) is 9.24. The predicted octanol–water partition coefficient (Wildman–Crippen LogP) is 2.84. The minimum Gasteiger partial charge on any atom is -0.226 e. The van der Waals surface area contributed by atoms with E-state index in [4.69, 9.17) is 11.8 Å². The lowest BCUT2D eigenvalue weighted by atomic mass is 9.91. The van der Waals surface area contributed by atoms with Gasteiger partial charge in [0.05, 0.1) is 12.6 Å². The average Bonchev–Trinajstić information content (AvgIpc) is 2.31. The summed E-state index contributed by atoms with van der Waals surface area (Å²) in [5.74, 6) is 0. The second kappa shape index (κ2) is 3.82. The first-order chi connectivity index (χ1) is 7.36. The summed E-state index contributed by atoms with van der Waals surface area (Å²) in [6, 6.07) is 9.51. The van der Waals surface area contributed by atoms with E-state index in [0.717, 1.165) is 11.1 Å². The van der Waals surface area contributed by atoms with Gasteiger partial charge >= 0.3 is 0 Å². The van der Waals surface area contributed by atoms with E-state index < -0.39 is 0 Å². The minimum absolute atomic E-state index is 0.125. The fraction of sp³-hybridized carbons (Fsp3) is 0. The van der Waals surface area contributed by atoms with Crippen LogP contribution < -0.4 is 0 Å². The smallest absolute Gasteiger partial charge is 0.226 e. The second-order valence-electron chi connectivity index (χ2n) is 3.01. The Morgan fingerprint density at radius 1 is 1.40 bits per heavy atom. The maximum absolute atomic E-state index is 8.83. The number of nitrogens with zero attached hydrogens (tertiary/aromatic N) is 2. The molecule has 1 aliphatic rings. The van der Waals surface area contributed by atoms with Crippen LogP contribution in [0.4, 0.5) is 0 Å². The van der Waals surface area contributed by atoms with Crippen molar-refractivity contribution in [1.29, 1.82) is 5.26 Å². The molecule has 68 valence electrons. The van der Waals surface area contributed by atoms with E-state index in [0.29, 0.717) is 5.57 Å². The molecule has 0 N–H and O–H groups in total. The molecule has 1 aromatic rings. The van der Waals surface area contributed by atoms with Gasteiger partial charge in [-0.1, -0.05) is 36.4 Å². The van der Waals surface area contributed by atoms with Gasteiger partial charge in [-0.25, -0.2) is 10.1 Å². The Hall–Kier alpha value is -2.32. The molecular formula is C13H6N2. The molecule has 15 heavy (non-hydrogen) atoms. The van der Waals surface area contributed by atoms with Crippen LogP contribution in [0, 0.1) is 24.3 Å². The van der Waals surface area contributed by atoms with Crippen molar-refractivity contribution >= 4 is 5.57 Å². The van der Waals surface area contributed by atoms with Crippen LogP contribution in [0.15, 0.2) is 42.1 Å². The molecule has 2 nitrogen and oxygen atoms in total. The van der Waals surface area contributed by atoms with Crippen molar-refractivity contribution in [3.05, 3.63) is 71.1 Å². The zero-order chi connectivity index (χ0) is 10.7. The van der Waals surface area contributed by atoms with Gasteiger partial charge in [-0.15, -0.1) is 0 Å². The molecule has 0 saturated heterocycles. The molecule has 0 saturated carbocycles. The number of benzene rings is 1. The Balaban J connectivity index is 2.68. The summed E-state index contributed by atoms with van der Waals surface area (Å²) in [4.78, 5) is 3.22. The van der Waals surface area contributed by atoms with E-state index in [1.165, 1.54) is 0 Å². The van der Waals surface area contributed by atoms with Gasteiger partial charge in [-0.3, -0.25) is 0 Å². The number of hydrogen-bond acceptors (Lipinski definition) is 1. The second-order valence-corrected chi connectivity index (χ2v) is 3.01. The number of nitriles is 1. The highest BCUT2D eigenvalue weighted by Crippen LogP contribution is 2.29. The monoisotopic (exact) mass is 190 g/mol. The molecule has 2 rings (SSSR count). The Kier molecular flexibility index (Phi) is 2.35. The van der Waals surface area contributed by atoms with Crippen molar-refractivity contribution < 1.29 is 0 Å². The van der Waals surface area contributed by atoms with Gasteiger partial charge in [0.15, 0.2) is 0 Å². The van der Waals surface area contributed by atoms with Crippen LogP contribution in [0.1, 0.15) is 11.1 Å². The van der Waals surface area contributed by atoms with Crippen molar-refractivity contribution in [3.63, 3.8) is 0 Å². The molecule has 0 atom stereocenters. The van der Waals surface area contributed by atoms with E-state index in [2.05, 4.69) is 11.3 Å². The molecule has 0 bridgehead atoms. The molecule has 2 heteroatoms.